The smallest absolute Gasteiger partial charge is 0.242 e. The van der Waals surface area contributed by atoms with Gasteiger partial charge in [-0.15, -0.1) is 11.8 Å². The van der Waals surface area contributed by atoms with Gasteiger partial charge in [0.05, 0.1) is 22.6 Å². The molecule has 6 nitrogen and oxygen atoms in total. The van der Waals surface area contributed by atoms with E-state index in [0.29, 0.717) is 18.0 Å². The van der Waals surface area contributed by atoms with E-state index in [4.69, 9.17) is 16.3 Å². The number of nitrogens with one attached hydrogen (secondary N) is 2. The zero-order valence-electron chi connectivity index (χ0n) is 15.2. The third-order valence-electron chi connectivity index (χ3n) is 3.58. The molecule has 0 aromatic heterocycles. The van der Waals surface area contributed by atoms with Crippen molar-refractivity contribution in [2.75, 3.05) is 18.2 Å². The zero-order valence-corrected chi connectivity index (χ0v) is 17.5. The summed E-state index contributed by atoms with van der Waals surface area (Å²) in [5.41, 5.74) is 0.599. The van der Waals surface area contributed by atoms with Gasteiger partial charge < -0.3 is 10.1 Å². The number of halogens is 1. The number of carbonyl (C=O) groups is 1. The molecule has 0 aliphatic heterocycles. The van der Waals surface area contributed by atoms with Gasteiger partial charge in [-0.3, -0.25) is 4.79 Å². The Kier molecular flexibility index (Phi) is 7.55. The first kappa shape index (κ1) is 21.6. The van der Waals surface area contributed by atoms with Gasteiger partial charge in [0, 0.05) is 10.6 Å². The van der Waals surface area contributed by atoms with Crippen LogP contribution in [0.1, 0.15) is 13.8 Å². The lowest BCUT2D eigenvalue weighted by Gasteiger charge is -2.15. The van der Waals surface area contributed by atoms with Crippen molar-refractivity contribution in [1.82, 2.24) is 4.72 Å². The van der Waals surface area contributed by atoms with Crippen molar-refractivity contribution in [2.45, 2.75) is 29.7 Å². The van der Waals surface area contributed by atoms with Crippen molar-refractivity contribution in [3.05, 3.63) is 47.5 Å². The molecule has 0 heterocycles. The Balaban J connectivity index is 2.09. The molecule has 2 rings (SSSR count). The maximum absolute atomic E-state index is 12.5. The Morgan fingerprint density at radius 3 is 2.63 bits per heavy atom. The summed E-state index contributed by atoms with van der Waals surface area (Å²) in [6, 6.07) is 10.5. The van der Waals surface area contributed by atoms with Crippen LogP contribution in [0.5, 0.6) is 5.75 Å². The van der Waals surface area contributed by atoms with Crippen molar-refractivity contribution in [3.63, 3.8) is 0 Å². The molecule has 1 atom stereocenters. The van der Waals surface area contributed by atoms with Crippen LogP contribution in [-0.4, -0.2) is 33.2 Å². The predicted molar refractivity (Wildman–Crippen MR) is 109 cm³/mol. The highest BCUT2D eigenvalue weighted by Gasteiger charge is 2.23. The van der Waals surface area contributed by atoms with Crippen molar-refractivity contribution in [3.8, 4) is 5.75 Å². The summed E-state index contributed by atoms with van der Waals surface area (Å²) in [5, 5.41) is 2.89. The van der Waals surface area contributed by atoms with Crippen molar-refractivity contribution < 1.29 is 17.9 Å². The maximum atomic E-state index is 12.5. The number of hydrogen-bond donors (Lipinski definition) is 2. The largest absolute Gasteiger partial charge is 0.492 e. The number of rotatable bonds is 8. The minimum absolute atomic E-state index is 0.0417. The molecule has 0 saturated carbocycles. The molecule has 0 bridgehead atoms. The number of hydrogen-bond acceptors (Lipinski definition) is 5. The monoisotopic (exact) mass is 428 g/mol. The molecule has 0 fully saturated rings. The van der Waals surface area contributed by atoms with Crippen LogP contribution >= 0.6 is 23.4 Å². The molecule has 0 saturated heterocycles. The van der Waals surface area contributed by atoms with Crippen molar-refractivity contribution in [1.29, 1.82) is 0 Å². The number of ether oxygens (including phenoxy) is 1. The van der Waals surface area contributed by atoms with Gasteiger partial charge in [0.15, 0.2) is 0 Å². The molecular formula is C18H21ClN2O4S2. The number of sulfonamides is 1. The summed E-state index contributed by atoms with van der Waals surface area (Å²) in [6.45, 7) is 3.69. The summed E-state index contributed by atoms with van der Waals surface area (Å²) < 4.78 is 32.7. The third-order valence-corrected chi connectivity index (χ3v) is 6.14. The maximum Gasteiger partial charge on any atom is 0.242 e. The quantitative estimate of drug-likeness (QED) is 0.625. The van der Waals surface area contributed by atoms with E-state index in [2.05, 4.69) is 10.0 Å². The van der Waals surface area contributed by atoms with E-state index in [9.17, 15) is 13.2 Å². The summed E-state index contributed by atoms with van der Waals surface area (Å²) in [6.07, 6.45) is 1.93. The third kappa shape index (κ3) is 5.87. The lowest BCUT2D eigenvalue weighted by Crippen LogP contribution is -2.41. The second kappa shape index (κ2) is 9.45. The van der Waals surface area contributed by atoms with E-state index >= 15 is 0 Å². The molecule has 0 aliphatic rings. The summed E-state index contributed by atoms with van der Waals surface area (Å²) in [7, 11) is -3.92. The van der Waals surface area contributed by atoms with Crippen LogP contribution in [-0.2, 0) is 14.8 Å². The van der Waals surface area contributed by atoms with Gasteiger partial charge in [0.25, 0.3) is 0 Å². The van der Waals surface area contributed by atoms with Crippen LogP contribution in [0, 0.1) is 0 Å². The first-order chi connectivity index (χ1) is 12.8. The molecule has 0 spiro atoms. The number of thioether (sulfide) groups is 1. The molecule has 2 N–H and O–H groups in total. The van der Waals surface area contributed by atoms with Gasteiger partial charge in [0.1, 0.15) is 5.75 Å². The second-order valence-corrected chi connectivity index (χ2v) is 8.59. The Morgan fingerprint density at radius 2 is 2.00 bits per heavy atom. The van der Waals surface area contributed by atoms with Crippen LogP contribution in [0.15, 0.2) is 52.3 Å². The highest BCUT2D eigenvalue weighted by Crippen LogP contribution is 2.27. The van der Waals surface area contributed by atoms with Gasteiger partial charge in [-0.25, -0.2) is 8.42 Å². The normalized spacial score (nSPS) is 12.4. The molecule has 9 heteroatoms. The van der Waals surface area contributed by atoms with Gasteiger partial charge in [-0.1, -0.05) is 17.7 Å². The van der Waals surface area contributed by atoms with E-state index in [1.807, 2.05) is 24.5 Å². The van der Waals surface area contributed by atoms with Gasteiger partial charge >= 0.3 is 0 Å². The van der Waals surface area contributed by atoms with E-state index < -0.39 is 22.0 Å². The van der Waals surface area contributed by atoms with E-state index in [0.717, 1.165) is 4.90 Å². The number of benzene rings is 2. The average Bonchev–Trinajstić information content (AvgIpc) is 2.63. The average molecular weight is 429 g/mol. The minimum Gasteiger partial charge on any atom is -0.492 e. The molecule has 2 aromatic carbocycles. The predicted octanol–water partition coefficient (Wildman–Crippen LogP) is 3.77. The number of amides is 1. The highest BCUT2D eigenvalue weighted by molar-refractivity contribution is 7.98. The Morgan fingerprint density at radius 1 is 1.26 bits per heavy atom. The highest BCUT2D eigenvalue weighted by atomic mass is 35.5. The molecule has 0 unspecified atom stereocenters. The molecular weight excluding hydrogens is 408 g/mol. The van der Waals surface area contributed by atoms with Crippen LogP contribution in [0.2, 0.25) is 5.02 Å². The van der Waals surface area contributed by atoms with Crippen LogP contribution in [0.4, 0.5) is 5.69 Å². The fourth-order valence-corrected chi connectivity index (χ4v) is 4.21. The Hall–Kier alpha value is -1.74. The lowest BCUT2D eigenvalue weighted by molar-refractivity contribution is -0.117. The molecule has 2 aromatic rings. The lowest BCUT2D eigenvalue weighted by atomic mass is 10.3. The number of carbonyl (C=O) groups excluding carboxylic acids is 1. The SMILES string of the molecule is CCOc1ccc(S(=O)(=O)N[C@@H](C)C(=O)Nc2cccc(SC)c2)cc1Cl. The van der Waals surface area contributed by atoms with Crippen LogP contribution < -0.4 is 14.8 Å². The zero-order chi connectivity index (χ0) is 20.0. The second-order valence-electron chi connectivity index (χ2n) is 5.59. The first-order valence-corrected chi connectivity index (χ1v) is 11.2. The topological polar surface area (TPSA) is 84.5 Å². The van der Waals surface area contributed by atoms with Gasteiger partial charge in [-0.2, -0.15) is 4.72 Å². The Labute approximate surface area is 168 Å². The Bertz CT molecular complexity index is 919. The van der Waals surface area contributed by atoms with E-state index in [-0.39, 0.29) is 9.92 Å². The first-order valence-electron chi connectivity index (χ1n) is 8.16. The van der Waals surface area contributed by atoms with E-state index in [1.54, 1.807) is 24.8 Å². The molecule has 0 radical (unpaired) electrons. The molecule has 146 valence electrons. The standard InChI is InChI=1S/C18H21ClN2O4S2/c1-4-25-17-9-8-15(11-16(17)19)27(23,24)21-12(2)18(22)20-13-6-5-7-14(10-13)26-3/h5-12,21H,4H2,1-3H3,(H,20,22)/t12-/m0/s1. The molecule has 1 amide bonds. The minimum atomic E-state index is -3.92. The van der Waals surface area contributed by atoms with E-state index in [1.165, 1.54) is 25.1 Å². The summed E-state index contributed by atoms with van der Waals surface area (Å²) in [5.74, 6) is -0.0635. The fourth-order valence-electron chi connectivity index (χ4n) is 2.23. The summed E-state index contributed by atoms with van der Waals surface area (Å²) >= 11 is 7.60. The van der Waals surface area contributed by atoms with Crippen LogP contribution in [0.25, 0.3) is 0 Å². The summed E-state index contributed by atoms with van der Waals surface area (Å²) in [4.78, 5) is 13.3. The van der Waals surface area contributed by atoms with Crippen LogP contribution in [0.3, 0.4) is 0 Å². The van der Waals surface area contributed by atoms with Crippen molar-refractivity contribution in [2.24, 2.45) is 0 Å². The van der Waals surface area contributed by atoms with Crippen molar-refractivity contribution >= 4 is 45.0 Å². The molecule has 27 heavy (non-hydrogen) atoms. The molecule has 0 aliphatic carbocycles. The fraction of sp³-hybridized carbons (Fsp3) is 0.278. The van der Waals surface area contributed by atoms with Gasteiger partial charge in [0.2, 0.25) is 15.9 Å². The van der Waals surface area contributed by atoms with Gasteiger partial charge in [-0.05, 0) is 56.5 Å². The number of anilines is 1.